The second kappa shape index (κ2) is 7.45. The average molecular weight is 238 g/mol. The fourth-order valence-corrected chi connectivity index (χ4v) is 1.24. The summed E-state index contributed by atoms with van der Waals surface area (Å²) in [6.45, 7) is 3.79. The van der Waals surface area contributed by atoms with Gasteiger partial charge in [0.1, 0.15) is 18.2 Å². The maximum absolute atomic E-state index is 10.4. The van der Waals surface area contributed by atoms with E-state index >= 15 is 0 Å². The summed E-state index contributed by atoms with van der Waals surface area (Å²) < 4.78 is 5.01. The number of amides is 1. The van der Waals surface area contributed by atoms with Crippen molar-refractivity contribution in [2.75, 3.05) is 36.9 Å². The van der Waals surface area contributed by atoms with Crippen molar-refractivity contribution in [2.24, 2.45) is 5.73 Å². The molecule has 0 fully saturated rings. The van der Waals surface area contributed by atoms with Gasteiger partial charge in [0.2, 0.25) is 5.91 Å². The van der Waals surface area contributed by atoms with Crippen LogP contribution in [0.25, 0.3) is 0 Å². The van der Waals surface area contributed by atoms with Gasteiger partial charge in [0, 0.05) is 13.1 Å². The molecule has 0 aliphatic carbocycles. The minimum atomic E-state index is -0.461. The largest absolute Gasteiger partial charge is 0.370 e. The molecule has 0 atom stereocenters. The highest BCUT2D eigenvalue weighted by Gasteiger charge is 1.97. The summed E-state index contributed by atoms with van der Waals surface area (Å²) in [4.78, 5) is 14.7. The van der Waals surface area contributed by atoms with E-state index in [1.807, 2.05) is 25.1 Å². The molecular weight excluding hydrogens is 220 g/mol. The summed E-state index contributed by atoms with van der Waals surface area (Å²) in [5.74, 6) is 1.14. The quantitative estimate of drug-likeness (QED) is 0.571. The Balaban J connectivity index is 2.26. The van der Waals surface area contributed by atoms with E-state index < -0.39 is 5.91 Å². The van der Waals surface area contributed by atoms with E-state index in [9.17, 15) is 4.79 Å². The monoisotopic (exact) mass is 238 g/mol. The standard InChI is InChI=1S/C11H18N4O2/c1-2-13-10-4-3-5-11(15-10)14-6-7-17-8-9(12)16/h3-5H,2,6-8H2,1H3,(H2,12,16)(H2,13,14,15). The van der Waals surface area contributed by atoms with Crippen LogP contribution in [0.1, 0.15) is 6.92 Å². The van der Waals surface area contributed by atoms with Gasteiger partial charge in [0.25, 0.3) is 0 Å². The maximum Gasteiger partial charge on any atom is 0.243 e. The van der Waals surface area contributed by atoms with E-state index in [0.29, 0.717) is 13.2 Å². The van der Waals surface area contributed by atoms with Gasteiger partial charge in [-0.25, -0.2) is 4.98 Å². The van der Waals surface area contributed by atoms with E-state index in [2.05, 4.69) is 15.6 Å². The van der Waals surface area contributed by atoms with Gasteiger partial charge in [0.05, 0.1) is 6.61 Å². The molecule has 0 aliphatic rings. The Bertz CT molecular complexity index is 357. The van der Waals surface area contributed by atoms with Crippen LogP contribution in [0, 0.1) is 0 Å². The highest BCUT2D eigenvalue weighted by atomic mass is 16.5. The molecule has 1 amide bonds. The fourth-order valence-electron chi connectivity index (χ4n) is 1.24. The smallest absolute Gasteiger partial charge is 0.243 e. The molecule has 6 nitrogen and oxygen atoms in total. The summed E-state index contributed by atoms with van der Waals surface area (Å²) >= 11 is 0. The first kappa shape index (κ1) is 13.2. The molecule has 0 spiro atoms. The Kier molecular flexibility index (Phi) is 5.81. The van der Waals surface area contributed by atoms with Crippen molar-refractivity contribution in [1.82, 2.24) is 4.98 Å². The molecular formula is C11H18N4O2. The zero-order valence-corrected chi connectivity index (χ0v) is 9.90. The van der Waals surface area contributed by atoms with Gasteiger partial charge in [-0.05, 0) is 19.1 Å². The minimum Gasteiger partial charge on any atom is -0.370 e. The number of hydrogen-bond donors (Lipinski definition) is 3. The van der Waals surface area contributed by atoms with Crippen molar-refractivity contribution in [2.45, 2.75) is 6.92 Å². The third-order valence-electron chi connectivity index (χ3n) is 1.90. The summed E-state index contributed by atoms with van der Waals surface area (Å²) in [5.41, 5.74) is 4.93. The van der Waals surface area contributed by atoms with E-state index in [1.165, 1.54) is 0 Å². The Morgan fingerprint density at radius 2 is 2.12 bits per heavy atom. The Labute approximate surface area is 101 Å². The second-order valence-corrected chi connectivity index (χ2v) is 3.38. The number of hydrogen-bond acceptors (Lipinski definition) is 5. The molecule has 94 valence electrons. The van der Waals surface area contributed by atoms with Gasteiger partial charge in [0.15, 0.2) is 0 Å². The topological polar surface area (TPSA) is 89.3 Å². The molecule has 0 aromatic carbocycles. The Morgan fingerprint density at radius 3 is 2.76 bits per heavy atom. The average Bonchev–Trinajstić information content (AvgIpc) is 2.29. The number of primary amides is 1. The number of nitrogens with one attached hydrogen (secondary N) is 2. The van der Waals surface area contributed by atoms with Crippen LogP contribution in [0.5, 0.6) is 0 Å². The van der Waals surface area contributed by atoms with Gasteiger partial charge < -0.3 is 21.1 Å². The molecule has 0 saturated heterocycles. The summed E-state index contributed by atoms with van der Waals surface area (Å²) in [6, 6.07) is 5.69. The fraction of sp³-hybridized carbons (Fsp3) is 0.455. The van der Waals surface area contributed by atoms with Crippen molar-refractivity contribution in [3.63, 3.8) is 0 Å². The van der Waals surface area contributed by atoms with E-state index in [1.54, 1.807) is 0 Å². The number of pyridine rings is 1. The first-order valence-corrected chi connectivity index (χ1v) is 5.53. The van der Waals surface area contributed by atoms with Crippen LogP contribution in [0.2, 0.25) is 0 Å². The first-order valence-electron chi connectivity index (χ1n) is 5.53. The summed E-state index contributed by atoms with van der Waals surface area (Å²) in [5, 5.41) is 6.21. The molecule has 0 unspecified atom stereocenters. The number of aromatic nitrogens is 1. The number of nitrogens with two attached hydrogens (primary N) is 1. The lowest BCUT2D eigenvalue weighted by atomic mass is 10.4. The molecule has 1 heterocycles. The van der Waals surface area contributed by atoms with Crippen molar-refractivity contribution in [3.05, 3.63) is 18.2 Å². The normalized spacial score (nSPS) is 9.94. The predicted octanol–water partition coefficient (Wildman–Crippen LogP) is 0.427. The molecule has 1 aromatic rings. The molecule has 17 heavy (non-hydrogen) atoms. The van der Waals surface area contributed by atoms with E-state index in [-0.39, 0.29) is 6.61 Å². The van der Waals surface area contributed by atoms with Gasteiger partial charge in [-0.3, -0.25) is 4.79 Å². The first-order chi connectivity index (χ1) is 8.22. The highest BCUT2D eigenvalue weighted by molar-refractivity contribution is 5.74. The minimum absolute atomic E-state index is 0.0491. The molecule has 0 saturated carbocycles. The van der Waals surface area contributed by atoms with Crippen molar-refractivity contribution in [3.8, 4) is 0 Å². The number of ether oxygens (including phenoxy) is 1. The van der Waals surface area contributed by atoms with Gasteiger partial charge >= 0.3 is 0 Å². The van der Waals surface area contributed by atoms with Crippen molar-refractivity contribution in [1.29, 1.82) is 0 Å². The van der Waals surface area contributed by atoms with Crippen molar-refractivity contribution >= 4 is 17.5 Å². The molecule has 4 N–H and O–H groups in total. The van der Waals surface area contributed by atoms with Crippen LogP contribution < -0.4 is 16.4 Å². The summed E-state index contributed by atoms with van der Waals surface area (Å²) in [6.07, 6.45) is 0. The third kappa shape index (κ3) is 5.72. The third-order valence-corrected chi connectivity index (χ3v) is 1.90. The van der Waals surface area contributed by atoms with Crippen LogP contribution in [-0.2, 0) is 9.53 Å². The lowest BCUT2D eigenvalue weighted by Gasteiger charge is -2.08. The van der Waals surface area contributed by atoms with Crippen molar-refractivity contribution < 1.29 is 9.53 Å². The maximum atomic E-state index is 10.4. The number of nitrogens with zero attached hydrogens (tertiary/aromatic N) is 1. The molecule has 6 heteroatoms. The Hall–Kier alpha value is -1.82. The molecule has 1 aromatic heterocycles. The SMILES string of the molecule is CCNc1cccc(NCCOCC(N)=O)n1. The zero-order valence-electron chi connectivity index (χ0n) is 9.90. The zero-order chi connectivity index (χ0) is 12.5. The Morgan fingerprint density at radius 1 is 1.41 bits per heavy atom. The van der Waals surface area contributed by atoms with Gasteiger partial charge in [-0.15, -0.1) is 0 Å². The lowest BCUT2D eigenvalue weighted by molar-refractivity contribution is -0.122. The van der Waals surface area contributed by atoms with Gasteiger partial charge in [-0.2, -0.15) is 0 Å². The summed E-state index contributed by atoms with van der Waals surface area (Å²) in [7, 11) is 0. The molecule has 0 aliphatic heterocycles. The van der Waals surface area contributed by atoms with E-state index in [4.69, 9.17) is 10.5 Å². The lowest BCUT2D eigenvalue weighted by Crippen LogP contribution is -2.20. The molecule has 0 bridgehead atoms. The predicted molar refractivity (Wildman–Crippen MR) is 66.9 cm³/mol. The number of anilines is 2. The molecule has 0 radical (unpaired) electrons. The number of carbonyl (C=O) groups excluding carboxylic acids is 1. The van der Waals surface area contributed by atoms with Crippen LogP contribution in [0.4, 0.5) is 11.6 Å². The van der Waals surface area contributed by atoms with Crippen LogP contribution in [0.15, 0.2) is 18.2 Å². The van der Waals surface area contributed by atoms with Crippen LogP contribution in [-0.4, -0.2) is 37.2 Å². The van der Waals surface area contributed by atoms with E-state index in [0.717, 1.165) is 18.2 Å². The van der Waals surface area contributed by atoms with Crippen LogP contribution in [0.3, 0.4) is 0 Å². The highest BCUT2D eigenvalue weighted by Crippen LogP contribution is 2.08. The number of carbonyl (C=O) groups is 1. The number of rotatable bonds is 8. The molecule has 1 rings (SSSR count). The second-order valence-electron chi connectivity index (χ2n) is 3.38. The van der Waals surface area contributed by atoms with Gasteiger partial charge in [-0.1, -0.05) is 6.07 Å². The van der Waals surface area contributed by atoms with Crippen LogP contribution >= 0.6 is 0 Å².